The lowest BCUT2D eigenvalue weighted by molar-refractivity contribution is 0.0942. The lowest BCUT2D eigenvalue weighted by Gasteiger charge is -2.12. The highest BCUT2D eigenvalue weighted by Crippen LogP contribution is 2.19. The molecule has 0 bridgehead atoms. The number of hydrogen-bond acceptors (Lipinski definition) is 4. The van der Waals surface area contributed by atoms with Crippen molar-refractivity contribution >= 4 is 0 Å². The summed E-state index contributed by atoms with van der Waals surface area (Å²) in [6.07, 6.45) is 0.270. The molecule has 0 amide bonds. The summed E-state index contributed by atoms with van der Waals surface area (Å²) in [4.78, 5) is 0. The van der Waals surface area contributed by atoms with Crippen LogP contribution in [0.1, 0.15) is 18.1 Å². The van der Waals surface area contributed by atoms with Crippen LogP contribution in [0.15, 0.2) is 18.2 Å². The summed E-state index contributed by atoms with van der Waals surface area (Å²) in [5.41, 5.74) is 2.32. The molecule has 1 aromatic rings. The smallest absolute Gasteiger partial charge is 0.123 e. The molecule has 4 nitrogen and oxygen atoms in total. The van der Waals surface area contributed by atoms with Crippen LogP contribution in [0.4, 0.5) is 0 Å². The molecule has 0 spiro atoms. The van der Waals surface area contributed by atoms with Crippen molar-refractivity contribution in [3.63, 3.8) is 0 Å². The van der Waals surface area contributed by atoms with Crippen LogP contribution in [0.5, 0.6) is 5.75 Å². The fourth-order valence-electron chi connectivity index (χ4n) is 1.63. The number of methoxy groups -OCH3 is 1. The predicted octanol–water partition coefficient (Wildman–Crippen LogP) is 0.700. The van der Waals surface area contributed by atoms with E-state index >= 15 is 0 Å². The normalized spacial score (nSPS) is 12.5. The molecule has 0 heterocycles. The molecule has 3 N–H and O–H groups in total. The number of aryl methyl sites for hydroxylation is 1. The average molecular weight is 239 g/mol. The molecule has 0 saturated heterocycles. The second-order valence-electron chi connectivity index (χ2n) is 3.97. The molecular formula is C13H21NO3. The first-order valence-corrected chi connectivity index (χ1v) is 5.86. The molecule has 0 aliphatic heterocycles. The molecule has 0 radical (unpaired) electrons. The van der Waals surface area contributed by atoms with E-state index < -0.39 is 6.10 Å². The number of hydrogen-bond donors (Lipinski definition) is 3. The minimum Gasteiger partial charge on any atom is -0.496 e. The molecule has 17 heavy (non-hydrogen) atoms. The molecule has 1 aromatic carbocycles. The Morgan fingerprint density at radius 3 is 2.76 bits per heavy atom. The van der Waals surface area contributed by atoms with Crippen molar-refractivity contribution in [2.45, 2.75) is 26.0 Å². The van der Waals surface area contributed by atoms with E-state index in [0.717, 1.165) is 17.7 Å². The minimum absolute atomic E-state index is 0.223. The Labute approximate surface area is 102 Å². The molecule has 1 rings (SSSR count). The topological polar surface area (TPSA) is 61.7 Å². The van der Waals surface area contributed by atoms with Crippen LogP contribution in [-0.2, 0) is 13.0 Å². The van der Waals surface area contributed by atoms with Gasteiger partial charge >= 0.3 is 0 Å². The quantitative estimate of drug-likeness (QED) is 0.655. The predicted molar refractivity (Wildman–Crippen MR) is 67.2 cm³/mol. The summed E-state index contributed by atoms with van der Waals surface area (Å²) in [6, 6.07) is 6.10. The van der Waals surface area contributed by atoms with E-state index in [2.05, 4.69) is 18.3 Å². The van der Waals surface area contributed by atoms with Crippen molar-refractivity contribution < 1.29 is 14.9 Å². The summed E-state index contributed by atoms with van der Waals surface area (Å²) in [5.74, 6) is 0.841. The lowest BCUT2D eigenvalue weighted by atomic mass is 10.1. The molecule has 4 heteroatoms. The number of rotatable bonds is 7. The summed E-state index contributed by atoms with van der Waals surface area (Å²) in [5, 5.41) is 21.0. The van der Waals surface area contributed by atoms with Gasteiger partial charge in [0.1, 0.15) is 5.75 Å². The Kier molecular flexibility index (Phi) is 5.97. The van der Waals surface area contributed by atoms with Crippen LogP contribution in [0.3, 0.4) is 0 Å². The second-order valence-corrected chi connectivity index (χ2v) is 3.97. The molecule has 0 aliphatic carbocycles. The maximum Gasteiger partial charge on any atom is 0.123 e. The zero-order chi connectivity index (χ0) is 12.7. The molecule has 0 fully saturated rings. The van der Waals surface area contributed by atoms with Crippen molar-refractivity contribution in [1.29, 1.82) is 0 Å². The van der Waals surface area contributed by atoms with E-state index in [4.69, 9.17) is 9.84 Å². The second kappa shape index (κ2) is 7.27. The van der Waals surface area contributed by atoms with E-state index in [1.807, 2.05) is 12.1 Å². The van der Waals surface area contributed by atoms with Crippen LogP contribution in [0.25, 0.3) is 0 Å². The number of aliphatic hydroxyl groups excluding tert-OH is 2. The maximum absolute atomic E-state index is 9.22. The van der Waals surface area contributed by atoms with Crippen molar-refractivity contribution in [2.75, 3.05) is 20.3 Å². The zero-order valence-electron chi connectivity index (χ0n) is 10.4. The Bertz CT molecular complexity index is 341. The van der Waals surface area contributed by atoms with Crippen LogP contribution >= 0.6 is 0 Å². The minimum atomic E-state index is -0.713. The molecule has 96 valence electrons. The fourth-order valence-corrected chi connectivity index (χ4v) is 1.63. The molecule has 0 aromatic heterocycles. The number of benzene rings is 1. The van der Waals surface area contributed by atoms with Gasteiger partial charge in [0.05, 0.1) is 19.8 Å². The van der Waals surface area contributed by atoms with Crippen LogP contribution in [-0.4, -0.2) is 36.6 Å². The standard InChI is InChI=1S/C13H21NO3/c1-3-10-4-5-13(17-2)11(6-10)7-14-8-12(16)9-15/h4-6,12,14-16H,3,7-9H2,1-2H3. The number of ether oxygens (including phenoxy) is 1. The van der Waals surface area contributed by atoms with Gasteiger partial charge in [0, 0.05) is 18.7 Å². The highest BCUT2D eigenvalue weighted by molar-refractivity contribution is 5.37. The lowest BCUT2D eigenvalue weighted by Crippen LogP contribution is -2.29. The molecule has 1 unspecified atom stereocenters. The Morgan fingerprint density at radius 2 is 2.18 bits per heavy atom. The van der Waals surface area contributed by atoms with Gasteiger partial charge < -0.3 is 20.3 Å². The third-order valence-corrected chi connectivity index (χ3v) is 2.66. The van der Waals surface area contributed by atoms with E-state index in [9.17, 15) is 5.11 Å². The van der Waals surface area contributed by atoms with Gasteiger partial charge in [-0.1, -0.05) is 19.1 Å². The highest BCUT2D eigenvalue weighted by atomic mass is 16.5. The Hall–Kier alpha value is -1.10. The van der Waals surface area contributed by atoms with Crippen LogP contribution < -0.4 is 10.1 Å². The van der Waals surface area contributed by atoms with Gasteiger partial charge in [-0.3, -0.25) is 0 Å². The van der Waals surface area contributed by atoms with Crippen molar-refractivity contribution in [3.8, 4) is 5.75 Å². The van der Waals surface area contributed by atoms with Crippen molar-refractivity contribution in [3.05, 3.63) is 29.3 Å². The van der Waals surface area contributed by atoms with Gasteiger partial charge in [-0.05, 0) is 18.1 Å². The Morgan fingerprint density at radius 1 is 1.41 bits per heavy atom. The third kappa shape index (κ3) is 4.34. The van der Waals surface area contributed by atoms with E-state index in [0.29, 0.717) is 13.1 Å². The molecule has 1 atom stereocenters. The number of nitrogens with one attached hydrogen (secondary N) is 1. The summed E-state index contributed by atoms with van der Waals surface area (Å²) < 4.78 is 5.28. The van der Waals surface area contributed by atoms with Gasteiger partial charge in [0.25, 0.3) is 0 Å². The number of aliphatic hydroxyl groups is 2. The third-order valence-electron chi connectivity index (χ3n) is 2.66. The van der Waals surface area contributed by atoms with Crippen LogP contribution in [0.2, 0.25) is 0 Å². The molecule has 0 saturated carbocycles. The summed E-state index contributed by atoms with van der Waals surface area (Å²) in [6.45, 7) is 2.87. The monoisotopic (exact) mass is 239 g/mol. The van der Waals surface area contributed by atoms with E-state index in [1.165, 1.54) is 5.56 Å². The fraction of sp³-hybridized carbons (Fsp3) is 0.538. The van der Waals surface area contributed by atoms with Gasteiger partial charge in [-0.2, -0.15) is 0 Å². The van der Waals surface area contributed by atoms with E-state index in [-0.39, 0.29) is 6.61 Å². The first-order valence-electron chi connectivity index (χ1n) is 5.86. The summed E-state index contributed by atoms with van der Waals surface area (Å²) >= 11 is 0. The average Bonchev–Trinajstić information content (AvgIpc) is 2.38. The molecular weight excluding hydrogens is 218 g/mol. The van der Waals surface area contributed by atoms with Gasteiger partial charge in [-0.25, -0.2) is 0 Å². The van der Waals surface area contributed by atoms with Crippen LogP contribution in [0, 0.1) is 0 Å². The van der Waals surface area contributed by atoms with E-state index in [1.54, 1.807) is 7.11 Å². The molecule has 0 aliphatic rings. The van der Waals surface area contributed by atoms with Gasteiger partial charge in [0.15, 0.2) is 0 Å². The largest absolute Gasteiger partial charge is 0.496 e. The summed E-state index contributed by atoms with van der Waals surface area (Å²) in [7, 11) is 1.65. The van der Waals surface area contributed by atoms with Gasteiger partial charge in [0.2, 0.25) is 0 Å². The first-order chi connectivity index (χ1) is 8.21. The SMILES string of the molecule is CCc1ccc(OC)c(CNCC(O)CO)c1. The maximum atomic E-state index is 9.22. The highest BCUT2D eigenvalue weighted by Gasteiger charge is 2.05. The Balaban J connectivity index is 2.61. The first kappa shape index (κ1) is 14.0. The van der Waals surface area contributed by atoms with Crippen molar-refractivity contribution in [2.24, 2.45) is 0 Å². The van der Waals surface area contributed by atoms with Gasteiger partial charge in [-0.15, -0.1) is 0 Å². The van der Waals surface area contributed by atoms with Crippen molar-refractivity contribution in [1.82, 2.24) is 5.32 Å². The zero-order valence-corrected chi connectivity index (χ0v) is 10.4.